The third kappa shape index (κ3) is 4.77. The topological polar surface area (TPSA) is 74.2 Å². The predicted molar refractivity (Wildman–Crippen MR) is 97.8 cm³/mol. The molecule has 0 heterocycles. The summed E-state index contributed by atoms with van der Waals surface area (Å²) in [5.74, 6) is 1.66. The van der Waals surface area contributed by atoms with E-state index in [-0.39, 0.29) is 0 Å². The Morgan fingerprint density at radius 3 is 2.23 bits per heavy atom. The molecular formula is C20H22O6. The summed E-state index contributed by atoms with van der Waals surface area (Å²) in [6.45, 7) is 1.32. The molecule has 0 aliphatic carbocycles. The second kappa shape index (κ2) is 8.92. The Kier molecular flexibility index (Phi) is 6.63. The smallest absolute Gasteiger partial charge is 0.308 e. The quantitative estimate of drug-likeness (QED) is 0.604. The van der Waals surface area contributed by atoms with E-state index in [1.54, 1.807) is 50.6 Å². The summed E-state index contributed by atoms with van der Waals surface area (Å²) >= 11 is 0. The van der Waals surface area contributed by atoms with Crippen LogP contribution in [-0.4, -0.2) is 32.4 Å². The Morgan fingerprint density at radius 2 is 1.62 bits per heavy atom. The van der Waals surface area contributed by atoms with Crippen molar-refractivity contribution < 1.29 is 28.8 Å². The van der Waals surface area contributed by atoms with Crippen LogP contribution in [0.2, 0.25) is 0 Å². The highest BCUT2D eigenvalue weighted by Gasteiger charge is 2.13. The molecule has 0 aliphatic rings. The number of methoxy groups -OCH3 is 3. The van der Waals surface area contributed by atoms with Gasteiger partial charge in [0.1, 0.15) is 29.1 Å². The number of hydrogen-bond acceptors (Lipinski definition) is 6. The van der Waals surface area contributed by atoms with Crippen LogP contribution in [0.5, 0.6) is 23.0 Å². The van der Waals surface area contributed by atoms with Gasteiger partial charge >= 0.3 is 5.97 Å². The van der Waals surface area contributed by atoms with Gasteiger partial charge in [-0.2, -0.15) is 0 Å². The number of aliphatic hydroxyl groups excluding tert-OH is 1. The number of carbonyl (C=O) groups excluding carboxylic acids is 1. The maximum absolute atomic E-state index is 11.1. The Morgan fingerprint density at radius 1 is 0.962 bits per heavy atom. The van der Waals surface area contributed by atoms with E-state index >= 15 is 0 Å². The highest BCUT2D eigenvalue weighted by molar-refractivity contribution is 5.69. The van der Waals surface area contributed by atoms with Crippen molar-refractivity contribution in [1.82, 2.24) is 0 Å². The first-order valence-electron chi connectivity index (χ1n) is 7.93. The molecule has 0 bridgehead atoms. The lowest BCUT2D eigenvalue weighted by Gasteiger charge is -2.13. The van der Waals surface area contributed by atoms with Gasteiger partial charge < -0.3 is 24.1 Å². The van der Waals surface area contributed by atoms with E-state index in [2.05, 4.69) is 0 Å². The highest BCUT2D eigenvalue weighted by atomic mass is 16.5. The van der Waals surface area contributed by atoms with Crippen molar-refractivity contribution in [3.8, 4) is 23.0 Å². The molecule has 0 saturated carbocycles. The first kappa shape index (κ1) is 19.3. The average Bonchev–Trinajstić information content (AvgIpc) is 2.65. The second-order valence-corrected chi connectivity index (χ2v) is 5.41. The van der Waals surface area contributed by atoms with Crippen LogP contribution in [-0.2, 0) is 4.79 Å². The minimum absolute atomic E-state index is 0.353. The molecule has 6 heteroatoms. The van der Waals surface area contributed by atoms with Crippen LogP contribution < -0.4 is 18.9 Å². The lowest BCUT2D eigenvalue weighted by atomic mass is 10.1. The van der Waals surface area contributed by atoms with Crippen molar-refractivity contribution in [2.45, 2.75) is 13.0 Å². The average molecular weight is 358 g/mol. The van der Waals surface area contributed by atoms with Crippen molar-refractivity contribution in [2.24, 2.45) is 0 Å². The van der Waals surface area contributed by atoms with E-state index in [1.807, 2.05) is 12.1 Å². The monoisotopic (exact) mass is 358 g/mol. The number of esters is 1. The summed E-state index contributed by atoms with van der Waals surface area (Å²) in [7, 11) is 4.64. The van der Waals surface area contributed by atoms with Gasteiger partial charge in [-0.3, -0.25) is 4.79 Å². The number of hydrogen-bond donors (Lipinski definition) is 1. The molecule has 0 spiro atoms. The van der Waals surface area contributed by atoms with Gasteiger partial charge in [-0.1, -0.05) is 12.2 Å². The molecule has 6 nitrogen and oxygen atoms in total. The van der Waals surface area contributed by atoms with Crippen molar-refractivity contribution in [3.63, 3.8) is 0 Å². The molecule has 26 heavy (non-hydrogen) atoms. The zero-order valence-electron chi connectivity index (χ0n) is 15.2. The Labute approximate surface area is 152 Å². The molecular weight excluding hydrogens is 336 g/mol. The molecule has 0 saturated heterocycles. The second-order valence-electron chi connectivity index (χ2n) is 5.41. The molecule has 0 fully saturated rings. The summed E-state index contributed by atoms with van der Waals surface area (Å²) in [4.78, 5) is 11.1. The Balaban J connectivity index is 2.25. The zero-order valence-corrected chi connectivity index (χ0v) is 15.2. The van der Waals surface area contributed by atoms with Gasteiger partial charge in [0, 0.05) is 30.2 Å². The van der Waals surface area contributed by atoms with Gasteiger partial charge in [0.05, 0.1) is 21.3 Å². The zero-order chi connectivity index (χ0) is 19.1. The van der Waals surface area contributed by atoms with Gasteiger partial charge in [-0.05, 0) is 24.3 Å². The van der Waals surface area contributed by atoms with Crippen LogP contribution >= 0.6 is 0 Å². The number of carbonyl (C=O) groups is 1. The number of aliphatic hydroxyl groups is 1. The highest BCUT2D eigenvalue weighted by Crippen LogP contribution is 2.32. The normalized spacial score (nSPS) is 11.9. The molecule has 0 aromatic heterocycles. The van der Waals surface area contributed by atoms with E-state index in [1.165, 1.54) is 14.0 Å². The number of benzene rings is 2. The van der Waals surface area contributed by atoms with Gasteiger partial charge in [-0.25, -0.2) is 0 Å². The van der Waals surface area contributed by atoms with E-state index in [0.717, 1.165) is 5.56 Å². The SMILES string of the molecule is COc1ccc(C=CC(O)c2ccc(OC(C)=O)cc2OC)c(OC)c1. The van der Waals surface area contributed by atoms with Gasteiger partial charge in [0.25, 0.3) is 0 Å². The van der Waals surface area contributed by atoms with Crippen molar-refractivity contribution in [2.75, 3.05) is 21.3 Å². The molecule has 0 aliphatic heterocycles. The summed E-state index contributed by atoms with van der Waals surface area (Å²) in [5.41, 5.74) is 1.34. The van der Waals surface area contributed by atoms with Gasteiger partial charge in [0.15, 0.2) is 0 Å². The molecule has 1 N–H and O–H groups in total. The summed E-state index contributed by atoms with van der Waals surface area (Å²) in [5, 5.41) is 10.5. The molecule has 0 radical (unpaired) electrons. The van der Waals surface area contributed by atoms with Crippen LogP contribution in [0, 0.1) is 0 Å². The molecule has 2 aromatic rings. The van der Waals surface area contributed by atoms with Gasteiger partial charge in [0.2, 0.25) is 0 Å². The molecule has 1 unspecified atom stereocenters. The van der Waals surface area contributed by atoms with Crippen molar-refractivity contribution >= 4 is 12.0 Å². The van der Waals surface area contributed by atoms with Crippen LogP contribution in [0.25, 0.3) is 6.08 Å². The van der Waals surface area contributed by atoms with Crippen LogP contribution in [0.3, 0.4) is 0 Å². The molecule has 1 atom stereocenters. The first-order valence-corrected chi connectivity index (χ1v) is 7.93. The number of rotatable bonds is 7. The van der Waals surface area contributed by atoms with Gasteiger partial charge in [-0.15, -0.1) is 0 Å². The Hall–Kier alpha value is -2.99. The van der Waals surface area contributed by atoms with Crippen molar-refractivity contribution in [1.29, 1.82) is 0 Å². The maximum atomic E-state index is 11.1. The van der Waals surface area contributed by atoms with Crippen molar-refractivity contribution in [3.05, 3.63) is 53.6 Å². The number of ether oxygens (including phenoxy) is 4. The summed E-state index contributed by atoms with van der Waals surface area (Å²) in [6.07, 6.45) is 2.46. The maximum Gasteiger partial charge on any atom is 0.308 e. The molecule has 138 valence electrons. The third-order valence-electron chi connectivity index (χ3n) is 3.68. The van der Waals surface area contributed by atoms with E-state index in [9.17, 15) is 9.90 Å². The lowest BCUT2D eigenvalue weighted by molar-refractivity contribution is -0.131. The van der Waals surface area contributed by atoms with Crippen LogP contribution in [0.1, 0.15) is 24.2 Å². The molecule has 2 rings (SSSR count). The standard InChI is InChI=1S/C20H22O6/c1-13(21)26-16-8-9-17(20(12-16)25-4)18(22)10-6-14-5-7-15(23-2)11-19(14)24-3/h5-12,18,22H,1-4H3. The van der Waals surface area contributed by atoms with E-state index in [4.69, 9.17) is 18.9 Å². The fraction of sp³-hybridized carbons (Fsp3) is 0.250. The minimum Gasteiger partial charge on any atom is -0.497 e. The third-order valence-corrected chi connectivity index (χ3v) is 3.68. The lowest BCUT2D eigenvalue weighted by Crippen LogP contribution is -2.03. The Bertz CT molecular complexity index is 797. The van der Waals surface area contributed by atoms with Crippen LogP contribution in [0.4, 0.5) is 0 Å². The van der Waals surface area contributed by atoms with E-state index < -0.39 is 12.1 Å². The summed E-state index contributed by atoms with van der Waals surface area (Å²) < 4.78 is 20.8. The minimum atomic E-state index is -0.914. The first-order chi connectivity index (χ1) is 12.5. The van der Waals surface area contributed by atoms with E-state index in [0.29, 0.717) is 28.6 Å². The molecule has 0 amide bonds. The fourth-order valence-corrected chi connectivity index (χ4v) is 2.42. The van der Waals surface area contributed by atoms with Crippen LogP contribution in [0.15, 0.2) is 42.5 Å². The predicted octanol–water partition coefficient (Wildman–Crippen LogP) is 3.38. The largest absolute Gasteiger partial charge is 0.497 e. The molecule has 2 aromatic carbocycles. The summed E-state index contributed by atoms with van der Waals surface area (Å²) in [6, 6.07) is 10.2. The fourth-order valence-electron chi connectivity index (χ4n) is 2.42.